The molecule has 0 aromatic heterocycles. The second kappa shape index (κ2) is 12.4. The van der Waals surface area contributed by atoms with E-state index in [-0.39, 0.29) is 17.2 Å². The molecule has 7 nitrogen and oxygen atoms in total. The van der Waals surface area contributed by atoms with Gasteiger partial charge in [0, 0.05) is 23.9 Å². The smallest absolute Gasteiger partial charge is 0.316 e. The number of aryl methyl sites for hydroxylation is 1. The maximum absolute atomic E-state index is 13.5. The molecule has 0 aliphatic carbocycles. The van der Waals surface area contributed by atoms with Crippen molar-refractivity contribution in [3.63, 3.8) is 0 Å². The molecule has 0 aliphatic rings. The number of amides is 1. The second-order valence-corrected chi connectivity index (χ2v) is 9.26. The van der Waals surface area contributed by atoms with E-state index >= 15 is 0 Å². The van der Waals surface area contributed by atoms with Gasteiger partial charge in [-0.25, -0.2) is 0 Å². The Balaban J connectivity index is 1.93. The van der Waals surface area contributed by atoms with Crippen LogP contribution in [0, 0.1) is 6.92 Å². The molecule has 1 unspecified atom stereocenters. The molecule has 3 aromatic carbocycles. The summed E-state index contributed by atoms with van der Waals surface area (Å²) < 4.78 is 26.6. The Morgan fingerprint density at radius 3 is 2.29 bits per heavy atom. The van der Waals surface area contributed by atoms with Gasteiger partial charge >= 0.3 is 11.3 Å². The van der Waals surface area contributed by atoms with Crippen LogP contribution in [0.5, 0.6) is 17.2 Å². The van der Waals surface area contributed by atoms with Crippen molar-refractivity contribution in [3.8, 4) is 17.2 Å². The van der Waals surface area contributed by atoms with Gasteiger partial charge in [-0.2, -0.15) is 4.21 Å². The number of phenolic OH excluding ortho intramolecular Hbond substituents is 1. The van der Waals surface area contributed by atoms with Crippen LogP contribution in [0.4, 0.5) is 5.69 Å². The first-order chi connectivity index (χ1) is 16.9. The molecular weight excluding hydrogens is 464 g/mol. The third-order valence-electron chi connectivity index (χ3n) is 5.83. The number of hydrogen-bond donors (Lipinski definition) is 2. The zero-order chi connectivity index (χ0) is 25.4. The molecule has 0 saturated carbocycles. The second-order valence-electron chi connectivity index (χ2n) is 8.42. The Hall–Kier alpha value is -3.26. The summed E-state index contributed by atoms with van der Waals surface area (Å²) in [5.41, 5.74) is 1.47. The van der Waals surface area contributed by atoms with E-state index in [0.717, 1.165) is 31.2 Å². The normalized spacial score (nSPS) is 11.8. The maximum atomic E-state index is 13.5. The van der Waals surface area contributed by atoms with Gasteiger partial charge in [-0.05, 0) is 49.6 Å². The molecule has 2 N–H and O–H groups in total. The lowest BCUT2D eigenvalue weighted by Crippen LogP contribution is -2.33. The van der Waals surface area contributed by atoms with Gasteiger partial charge in [0.05, 0.1) is 18.4 Å². The Morgan fingerprint density at radius 2 is 1.69 bits per heavy atom. The van der Waals surface area contributed by atoms with E-state index in [0.29, 0.717) is 41.0 Å². The molecule has 3 aromatic rings. The summed E-state index contributed by atoms with van der Waals surface area (Å²) in [6.07, 6.45) is 3.70. The summed E-state index contributed by atoms with van der Waals surface area (Å²) >= 11 is -1.94. The van der Waals surface area contributed by atoms with E-state index in [1.165, 1.54) is 0 Å². The molecule has 0 fully saturated rings. The third-order valence-corrected chi connectivity index (χ3v) is 6.56. The van der Waals surface area contributed by atoms with Gasteiger partial charge in [0.25, 0.3) is 5.91 Å². The molecule has 3 rings (SSSR count). The SMILES string of the molecule is CCCCN(CCCC)C(=O)c1cc(NS(=O)Oc2ccc(OC)c(C)c2)c2ccccc2c1O. The molecule has 1 amide bonds. The van der Waals surface area contributed by atoms with Crippen LogP contribution < -0.4 is 13.6 Å². The van der Waals surface area contributed by atoms with Gasteiger partial charge in [0.1, 0.15) is 17.2 Å². The lowest BCUT2D eigenvalue weighted by atomic mass is 10.0. The van der Waals surface area contributed by atoms with E-state index in [2.05, 4.69) is 18.6 Å². The predicted octanol–water partition coefficient (Wildman–Crippen LogP) is 5.97. The number of fused-ring (bicyclic) bond motifs is 1. The minimum Gasteiger partial charge on any atom is -0.506 e. The fourth-order valence-electron chi connectivity index (χ4n) is 3.89. The topological polar surface area (TPSA) is 88.1 Å². The van der Waals surface area contributed by atoms with E-state index in [4.69, 9.17) is 8.92 Å². The highest BCUT2D eigenvalue weighted by Gasteiger charge is 2.22. The van der Waals surface area contributed by atoms with Crippen molar-refractivity contribution in [1.82, 2.24) is 4.90 Å². The number of nitrogens with zero attached hydrogens (tertiary/aromatic N) is 1. The Labute approximate surface area is 209 Å². The monoisotopic (exact) mass is 498 g/mol. The summed E-state index contributed by atoms with van der Waals surface area (Å²) in [6, 6.07) is 13.9. The van der Waals surface area contributed by atoms with Gasteiger partial charge in [-0.3, -0.25) is 9.52 Å². The van der Waals surface area contributed by atoms with Crippen LogP contribution in [0.3, 0.4) is 0 Å². The predicted molar refractivity (Wildman–Crippen MR) is 141 cm³/mol. The number of nitrogens with one attached hydrogen (secondary N) is 1. The Kier molecular flexibility index (Phi) is 9.37. The summed E-state index contributed by atoms with van der Waals surface area (Å²) in [6.45, 7) is 7.28. The van der Waals surface area contributed by atoms with Crippen LogP contribution in [-0.2, 0) is 11.3 Å². The van der Waals surface area contributed by atoms with Gasteiger partial charge in [0.15, 0.2) is 0 Å². The van der Waals surface area contributed by atoms with Crippen LogP contribution in [-0.4, -0.2) is 40.3 Å². The minimum atomic E-state index is -1.94. The first-order valence-electron chi connectivity index (χ1n) is 11.9. The lowest BCUT2D eigenvalue weighted by molar-refractivity contribution is 0.0748. The number of rotatable bonds is 12. The highest BCUT2D eigenvalue weighted by molar-refractivity contribution is 7.82. The van der Waals surface area contributed by atoms with Gasteiger partial charge in [0.2, 0.25) is 0 Å². The van der Waals surface area contributed by atoms with Crippen molar-refractivity contribution in [3.05, 3.63) is 59.7 Å². The standard InChI is InChI=1S/C27H34N2O5S/c1-5-7-15-29(16-8-6-2)27(31)23-18-24(21-11-9-10-12-22(21)26(23)30)28-35(32)34-20-13-14-25(33-4)19(3)17-20/h9-14,17-18,28,30H,5-8,15-16H2,1-4H3. The van der Waals surface area contributed by atoms with E-state index in [9.17, 15) is 14.1 Å². The number of ether oxygens (including phenoxy) is 1. The average molecular weight is 499 g/mol. The molecule has 0 radical (unpaired) electrons. The van der Waals surface area contributed by atoms with Crippen LogP contribution >= 0.6 is 0 Å². The molecule has 0 spiro atoms. The van der Waals surface area contributed by atoms with Crippen molar-refractivity contribution in [2.24, 2.45) is 0 Å². The number of hydrogen-bond acceptors (Lipinski definition) is 5. The summed E-state index contributed by atoms with van der Waals surface area (Å²) in [7, 11) is 1.59. The molecule has 0 aliphatic heterocycles. The molecule has 1 atom stereocenters. The number of methoxy groups -OCH3 is 1. The molecule has 8 heteroatoms. The highest BCUT2D eigenvalue weighted by atomic mass is 32.2. The quantitative estimate of drug-likeness (QED) is 0.300. The molecule has 35 heavy (non-hydrogen) atoms. The highest BCUT2D eigenvalue weighted by Crippen LogP contribution is 2.36. The minimum absolute atomic E-state index is 0.0772. The first-order valence-corrected chi connectivity index (χ1v) is 13.0. The third kappa shape index (κ3) is 6.45. The summed E-state index contributed by atoms with van der Waals surface area (Å²) in [5.74, 6) is 0.806. The molecule has 0 saturated heterocycles. The van der Waals surface area contributed by atoms with Gasteiger partial charge < -0.3 is 18.9 Å². The van der Waals surface area contributed by atoms with Crippen molar-refractivity contribution in [1.29, 1.82) is 0 Å². The van der Waals surface area contributed by atoms with Crippen LogP contribution in [0.1, 0.15) is 55.5 Å². The fourth-order valence-corrected chi connectivity index (χ4v) is 4.56. The van der Waals surface area contributed by atoms with Crippen molar-refractivity contribution in [2.75, 3.05) is 24.9 Å². The number of carbonyl (C=O) groups is 1. The summed E-state index contributed by atoms with van der Waals surface area (Å²) in [5, 5.41) is 12.1. The van der Waals surface area contributed by atoms with Crippen LogP contribution in [0.15, 0.2) is 48.5 Å². The molecule has 0 heterocycles. The first kappa shape index (κ1) is 26.3. The largest absolute Gasteiger partial charge is 0.506 e. The number of aromatic hydroxyl groups is 1. The lowest BCUT2D eigenvalue weighted by Gasteiger charge is -2.24. The van der Waals surface area contributed by atoms with E-state index in [1.807, 2.05) is 13.0 Å². The van der Waals surface area contributed by atoms with Gasteiger partial charge in [-0.15, -0.1) is 0 Å². The fraction of sp³-hybridized carbons (Fsp3) is 0.370. The van der Waals surface area contributed by atoms with Gasteiger partial charge in [-0.1, -0.05) is 51.0 Å². The zero-order valence-electron chi connectivity index (χ0n) is 20.8. The van der Waals surface area contributed by atoms with Crippen molar-refractivity contribution < 1.29 is 23.0 Å². The number of carbonyl (C=O) groups excluding carboxylic acids is 1. The molecular formula is C27H34N2O5S. The van der Waals surface area contributed by atoms with Crippen LogP contribution in [0.2, 0.25) is 0 Å². The Bertz CT molecular complexity index is 1190. The average Bonchev–Trinajstić information content (AvgIpc) is 2.85. The number of benzene rings is 3. The van der Waals surface area contributed by atoms with Crippen molar-refractivity contribution in [2.45, 2.75) is 46.5 Å². The number of phenols is 1. The number of unbranched alkanes of at least 4 members (excludes halogenated alkanes) is 2. The molecule has 188 valence electrons. The Morgan fingerprint density at radius 1 is 1.03 bits per heavy atom. The number of anilines is 1. The maximum Gasteiger partial charge on any atom is 0.316 e. The molecule has 0 bridgehead atoms. The van der Waals surface area contributed by atoms with E-state index in [1.54, 1.807) is 54.5 Å². The zero-order valence-corrected chi connectivity index (χ0v) is 21.6. The van der Waals surface area contributed by atoms with Crippen LogP contribution in [0.25, 0.3) is 10.8 Å². The van der Waals surface area contributed by atoms with Crippen molar-refractivity contribution >= 4 is 33.6 Å². The van der Waals surface area contributed by atoms with E-state index < -0.39 is 11.3 Å². The summed E-state index contributed by atoms with van der Waals surface area (Å²) in [4.78, 5) is 15.3.